The second kappa shape index (κ2) is 8.24. The van der Waals surface area contributed by atoms with E-state index in [-0.39, 0.29) is 16.5 Å². The molecule has 7 nitrogen and oxygen atoms in total. The summed E-state index contributed by atoms with van der Waals surface area (Å²) in [5.41, 5.74) is 0.973. The van der Waals surface area contributed by atoms with E-state index in [1.807, 2.05) is 26.0 Å². The maximum Gasteiger partial charge on any atom is 0.269 e. The lowest BCUT2D eigenvalue weighted by Crippen LogP contribution is -2.41. The fourth-order valence-corrected chi connectivity index (χ4v) is 4.87. The van der Waals surface area contributed by atoms with Gasteiger partial charge in [0.05, 0.1) is 18.7 Å². The summed E-state index contributed by atoms with van der Waals surface area (Å²) in [4.78, 5) is 25.1. The van der Waals surface area contributed by atoms with Crippen molar-refractivity contribution in [1.82, 2.24) is 9.62 Å². The van der Waals surface area contributed by atoms with Crippen LogP contribution in [0.4, 0.5) is 0 Å². The van der Waals surface area contributed by atoms with Gasteiger partial charge in [0.2, 0.25) is 5.91 Å². The molecule has 0 unspecified atom stereocenters. The van der Waals surface area contributed by atoms with Gasteiger partial charge in [0.1, 0.15) is 17.2 Å². The zero-order valence-corrected chi connectivity index (χ0v) is 17.4. The minimum atomic E-state index is -4.02. The van der Waals surface area contributed by atoms with Gasteiger partial charge in [-0.3, -0.25) is 9.59 Å². The Hall–Kier alpha value is -2.87. The molecule has 0 saturated heterocycles. The predicted molar refractivity (Wildman–Crippen MR) is 108 cm³/mol. The van der Waals surface area contributed by atoms with Crippen LogP contribution in [0.2, 0.25) is 0 Å². The summed E-state index contributed by atoms with van der Waals surface area (Å²) < 4.78 is 31.1. The van der Waals surface area contributed by atoms with E-state index in [9.17, 15) is 18.0 Å². The van der Waals surface area contributed by atoms with Gasteiger partial charge in [-0.15, -0.1) is 0 Å². The number of nitrogens with zero attached hydrogens (tertiary/aromatic N) is 1. The number of sulfonamides is 1. The minimum absolute atomic E-state index is 0.0633. The van der Waals surface area contributed by atoms with Crippen LogP contribution in [-0.2, 0) is 14.8 Å². The number of amides is 2. The van der Waals surface area contributed by atoms with E-state index >= 15 is 0 Å². The van der Waals surface area contributed by atoms with Crippen LogP contribution in [0.25, 0.3) is 0 Å². The van der Waals surface area contributed by atoms with Crippen molar-refractivity contribution in [2.45, 2.75) is 31.2 Å². The van der Waals surface area contributed by atoms with E-state index in [4.69, 9.17) is 4.74 Å². The van der Waals surface area contributed by atoms with E-state index < -0.39 is 28.4 Å². The fraction of sp³-hybridized carbons (Fsp3) is 0.333. The van der Waals surface area contributed by atoms with Crippen molar-refractivity contribution in [3.63, 3.8) is 0 Å². The number of benzene rings is 2. The second-order valence-corrected chi connectivity index (χ2v) is 9.17. The van der Waals surface area contributed by atoms with Crippen LogP contribution in [0.15, 0.2) is 53.4 Å². The molecule has 0 bridgehead atoms. The molecule has 2 aromatic carbocycles. The van der Waals surface area contributed by atoms with Gasteiger partial charge in [-0.05, 0) is 42.2 Å². The van der Waals surface area contributed by atoms with Gasteiger partial charge in [0.25, 0.3) is 15.9 Å². The zero-order valence-electron chi connectivity index (χ0n) is 16.6. The standard InChI is InChI=1S/C21H24N2O5S/c1-14(2)12-18(15-8-10-16(28-3)11-9-15)22-20(24)13-23-21(25)17-6-4-5-7-19(17)29(23,26)27/h4-11,14,18H,12-13H2,1-3H3,(H,22,24)/t18-/m0/s1. The highest BCUT2D eigenvalue weighted by Crippen LogP contribution is 2.30. The molecular weight excluding hydrogens is 392 g/mol. The molecule has 0 spiro atoms. The van der Waals surface area contributed by atoms with Gasteiger partial charge in [0.15, 0.2) is 0 Å². The van der Waals surface area contributed by atoms with Crippen molar-refractivity contribution in [2.24, 2.45) is 5.92 Å². The van der Waals surface area contributed by atoms with Gasteiger partial charge in [-0.25, -0.2) is 12.7 Å². The molecule has 1 atom stereocenters. The summed E-state index contributed by atoms with van der Waals surface area (Å²) in [6.07, 6.45) is 0.666. The van der Waals surface area contributed by atoms with E-state index in [0.29, 0.717) is 22.4 Å². The molecule has 1 aliphatic rings. The number of methoxy groups -OCH3 is 1. The summed E-state index contributed by atoms with van der Waals surface area (Å²) in [6, 6.07) is 13.0. The lowest BCUT2D eigenvalue weighted by atomic mass is 9.97. The number of nitrogens with one attached hydrogen (secondary N) is 1. The average molecular weight is 416 g/mol. The summed E-state index contributed by atoms with van der Waals surface area (Å²) in [5, 5.41) is 2.88. The molecule has 0 fully saturated rings. The Morgan fingerprint density at radius 2 is 1.76 bits per heavy atom. The van der Waals surface area contributed by atoms with Gasteiger partial charge >= 0.3 is 0 Å². The van der Waals surface area contributed by atoms with Gasteiger partial charge in [0, 0.05) is 0 Å². The van der Waals surface area contributed by atoms with Gasteiger partial charge in [-0.2, -0.15) is 0 Å². The Morgan fingerprint density at radius 3 is 2.34 bits per heavy atom. The molecule has 2 aromatic rings. The monoisotopic (exact) mass is 416 g/mol. The molecular formula is C21H24N2O5S. The molecule has 0 radical (unpaired) electrons. The average Bonchev–Trinajstić information content (AvgIpc) is 2.88. The third kappa shape index (κ3) is 4.27. The molecule has 0 saturated carbocycles. The van der Waals surface area contributed by atoms with Gasteiger partial charge in [-0.1, -0.05) is 38.1 Å². The van der Waals surface area contributed by atoms with E-state index in [0.717, 1.165) is 5.56 Å². The topological polar surface area (TPSA) is 92.8 Å². The highest BCUT2D eigenvalue weighted by molar-refractivity contribution is 7.90. The van der Waals surface area contributed by atoms with Crippen LogP contribution in [0, 0.1) is 5.92 Å². The van der Waals surface area contributed by atoms with Crippen LogP contribution < -0.4 is 10.1 Å². The maximum absolute atomic E-state index is 12.7. The fourth-order valence-electron chi connectivity index (χ4n) is 3.34. The molecule has 0 aliphatic carbocycles. The second-order valence-electron chi connectivity index (χ2n) is 7.34. The number of ether oxygens (including phenoxy) is 1. The number of hydrogen-bond donors (Lipinski definition) is 1. The van der Waals surface area contributed by atoms with Crippen molar-refractivity contribution >= 4 is 21.8 Å². The largest absolute Gasteiger partial charge is 0.497 e. The lowest BCUT2D eigenvalue weighted by Gasteiger charge is -2.23. The third-order valence-corrected chi connectivity index (χ3v) is 6.55. The normalized spacial score (nSPS) is 15.9. The number of rotatable bonds is 7. The summed E-state index contributed by atoms with van der Waals surface area (Å²) >= 11 is 0. The Bertz CT molecular complexity index is 1020. The van der Waals surface area contributed by atoms with Crippen LogP contribution in [0.3, 0.4) is 0 Å². The lowest BCUT2D eigenvalue weighted by molar-refractivity contribution is -0.121. The van der Waals surface area contributed by atoms with Crippen LogP contribution in [-0.4, -0.2) is 38.2 Å². The Balaban J connectivity index is 1.77. The summed E-state index contributed by atoms with van der Waals surface area (Å²) in [7, 11) is -2.44. The third-order valence-electron chi connectivity index (χ3n) is 4.76. The smallest absolute Gasteiger partial charge is 0.269 e. The highest BCUT2D eigenvalue weighted by Gasteiger charge is 2.41. The number of carbonyl (C=O) groups excluding carboxylic acids is 2. The maximum atomic E-state index is 12.7. The molecule has 1 N–H and O–H groups in total. The van der Waals surface area contributed by atoms with Crippen molar-refractivity contribution < 1.29 is 22.7 Å². The number of carbonyl (C=O) groups is 2. The number of fused-ring (bicyclic) bond motifs is 1. The molecule has 3 rings (SSSR count). The highest BCUT2D eigenvalue weighted by atomic mass is 32.2. The molecule has 0 aromatic heterocycles. The molecule has 8 heteroatoms. The molecule has 1 heterocycles. The molecule has 29 heavy (non-hydrogen) atoms. The Kier molecular flexibility index (Phi) is 5.93. The summed E-state index contributed by atoms with van der Waals surface area (Å²) in [6.45, 7) is 3.52. The first-order chi connectivity index (χ1) is 13.7. The Morgan fingerprint density at radius 1 is 1.10 bits per heavy atom. The van der Waals surface area contributed by atoms with Crippen LogP contribution in [0.1, 0.15) is 42.2 Å². The first kappa shape index (κ1) is 20.9. The molecule has 1 aliphatic heterocycles. The van der Waals surface area contributed by atoms with E-state index in [1.54, 1.807) is 31.4 Å². The number of hydrogen-bond acceptors (Lipinski definition) is 5. The van der Waals surface area contributed by atoms with Crippen molar-refractivity contribution in [3.05, 3.63) is 59.7 Å². The Labute approximate surface area is 170 Å². The SMILES string of the molecule is COc1ccc([C@H](CC(C)C)NC(=O)CN2C(=O)c3ccccc3S2(=O)=O)cc1. The van der Waals surface area contributed by atoms with Crippen molar-refractivity contribution in [2.75, 3.05) is 13.7 Å². The molecule has 2 amide bonds. The van der Waals surface area contributed by atoms with Crippen molar-refractivity contribution in [1.29, 1.82) is 0 Å². The predicted octanol–water partition coefficient (Wildman–Crippen LogP) is 2.74. The first-order valence-electron chi connectivity index (χ1n) is 9.33. The zero-order chi connectivity index (χ0) is 21.2. The van der Waals surface area contributed by atoms with Crippen LogP contribution >= 0.6 is 0 Å². The minimum Gasteiger partial charge on any atom is -0.497 e. The first-order valence-corrected chi connectivity index (χ1v) is 10.8. The summed E-state index contributed by atoms with van der Waals surface area (Å²) in [5.74, 6) is -0.212. The van der Waals surface area contributed by atoms with E-state index in [2.05, 4.69) is 5.32 Å². The van der Waals surface area contributed by atoms with Gasteiger partial charge < -0.3 is 10.1 Å². The van der Waals surface area contributed by atoms with Crippen LogP contribution in [0.5, 0.6) is 5.75 Å². The van der Waals surface area contributed by atoms with E-state index in [1.165, 1.54) is 12.1 Å². The molecule has 154 valence electrons. The quantitative estimate of drug-likeness (QED) is 0.749. The van der Waals surface area contributed by atoms with Crippen molar-refractivity contribution in [3.8, 4) is 5.75 Å².